The largest absolute Gasteiger partial charge is 0.573 e. The normalized spacial score (nSPS) is 16.6. The summed E-state index contributed by atoms with van der Waals surface area (Å²) in [5.41, 5.74) is 0.799. The summed E-state index contributed by atoms with van der Waals surface area (Å²) in [5, 5.41) is 2.80. The fourth-order valence-corrected chi connectivity index (χ4v) is 3.08. The smallest absolute Gasteiger partial charge is 0.484 e. The maximum absolute atomic E-state index is 12.8. The van der Waals surface area contributed by atoms with Crippen molar-refractivity contribution < 1.29 is 31.8 Å². The fourth-order valence-electron chi connectivity index (χ4n) is 3.08. The Morgan fingerprint density at radius 1 is 1.07 bits per heavy atom. The molecule has 5 nitrogen and oxygen atoms in total. The van der Waals surface area contributed by atoms with Gasteiger partial charge in [0.2, 0.25) is 0 Å². The molecule has 3 rings (SSSR count). The highest BCUT2D eigenvalue weighted by molar-refractivity contribution is 5.77. The van der Waals surface area contributed by atoms with E-state index in [1.807, 2.05) is 4.90 Å². The van der Waals surface area contributed by atoms with Gasteiger partial charge in [0.25, 0.3) is 5.91 Å². The minimum absolute atomic E-state index is 0.164. The Balaban J connectivity index is 1.40. The molecule has 1 fully saturated rings. The van der Waals surface area contributed by atoms with E-state index in [9.17, 15) is 22.4 Å². The van der Waals surface area contributed by atoms with Crippen molar-refractivity contribution in [2.24, 2.45) is 5.92 Å². The molecular formula is C20H20F4N2O3. The Labute approximate surface area is 165 Å². The molecule has 1 atom stereocenters. The van der Waals surface area contributed by atoms with Gasteiger partial charge in [0.1, 0.15) is 17.3 Å². The summed E-state index contributed by atoms with van der Waals surface area (Å²) in [6, 6.07) is 11.1. The van der Waals surface area contributed by atoms with E-state index in [1.54, 1.807) is 12.1 Å². The van der Waals surface area contributed by atoms with Crippen molar-refractivity contribution in [2.75, 3.05) is 31.1 Å². The number of anilines is 1. The van der Waals surface area contributed by atoms with Gasteiger partial charge in [-0.3, -0.25) is 4.79 Å². The van der Waals surface area contributed by atoms with Gasteiger partial charge in [-0.15, -0.1) is 13.2 Å². The van der Waals surface area contributed by atoms with Crippen LogP contribution in [0, 0.1) is 11.7 Å². The van der Waals surface area contributed by atoms with Crippen molar-refractivity contribution >= 4 is 11.6 Å². The van der Waals surface area contributed by atoms with Crippen molar-refractivity contribution in [3.8, 4) is 11.5 Å². The number of ether oxygens (including phenoxy) is 2. The van der Waals surface area contributed by atoms with Gasteiger partial charge in [-0.1, -0.05) is 0 Å². The Kier molecular flexibility index (Phi) is 6.46. The predicted octanol–water partition coefficient (Wildman–Crippen LogP) is 3.75. The van der Waals surface area contributed by atoms with Crippen LogP contribution in [0.2, 0.25) is 0 Å². The zero-order valence-corrected chi connectivity index (χ0v) is 15.4. The van der Waals surface area contributed by atoms with Gasteiger partial charge < -0.3 is 19.7 Å². The van der Waals surface area contributed by atoms with Crippen LogP contribution < -0.4 is 19.7 Å². The molecular weight excluding hydrogens is 392 g/mol. The van der Waals surface area contributed by atoms with Crippen LogP contribution in [0.3, 0.4) is 0 Å². The molecule has 0 aliphatic carbocycles. The molecule has 0 saturated carbocycles. The first-order valence-electron chi connectivity index (χ1n) is 9.04. The second-order valence-corrected chi connectivity index (χ2v) is 6.69. The first kappa shape index (κ1) is 20.8. The number of carbonyl (C=O) groups excluding carboxylic acids is 1. The number of carbonyl (C=O) groups is 1. The molecule has 29 heavy (non-hydrogen) atoms. The third-order valence-electron chi connectivity index (χ3n) is 4.49. The summed E-state index contributed by atoms with van der Waals surface area (Å²) in [7, 11) is 0. The molecule has 1 saturated heterocycles. The number of hydrogen-bond donors (Lipinski definition) is 1. The SMILES string of the molecule is O=C(COc1ccc(F)cc1)NCC1CCN(c2ccc(OC(F)(F)F)cc2)C1. The third kappa shape index (κ3) is 6.55. The topological polar surface area (TPSA) is 50.8 Å². The number of hydrogen-bond acceptors (Lipinski definition) is 4. The van der Waals surface area contributed by atoms with Crippen LogP contribution in [0.1, 0.15) is 6.42 Å². The molecule has 1 aliphatic heterocycles. The number of amides is 1. The number of nitrogens with zero attached hydrogens (tertiary/aromatic N) is 1. The molecule has 0 aromatic heterocycles. The number of rotatable bonds is 7. The van der Waals surface area contributed by atoms with E-state index < -0.39 is 6.36 Å². The lowest BCUT2D eigenvalue weighted by atomic mass is 10.1. The van der Waals surface area contributed by atoms with Gasteiger partial charge in [-0.05, 0) is 60.9 Å². The van der Waals surface area contributed by atoms with Crippen molar-refractivity contribution in [3.63, 3.8) is 0 Å². The van der Waals surface area contributed by atoms with Crippen molar-refractivity contribution in [1.29, 1.82) is 0 Å². The monoisotopic (exact) mass is 412 g/mol. The minimum atomic E-state index is -4.71. The fraction of sp³-hybridized carbons (Fsp3) is 0.350. The predicted molar refractivity (Wildman–Crippen MR) is 98.3 cm³/mol. The third-order valence-corrected chi connectivity index (χ3v) is 4.49. The number of nitrogens with one attached hydrogen (secondary N) is 1. The van der Waals surface area contributed by atoms with Crippen LogP contribution in [0.15, 0.2) is 48.5 Å². The number of benzene rings is 2. The summed E-state index contributed by atoms with van der Waals surface area (Å²) in [6.45, 7) is 1.73. The highest BCUT2D eigenvalue weighted by Gasteiger charge is 2.31. The zero-order chi connectivity index (χ0) is 20.9. The highest BCUT2D eigenvalue weighted by Crippen LogP contribution is 2.28. The Bertz CT molecular complexity index is 810. The van der Waals surface area contributed by atoms with Crippen LogP contribution in [-0.4, -0.2) is 38.5 Å². The molecule has 9 heteroatoms. The van der Waals surface area contributed by atoms with Crippen molar-refractivity contribution in [1.82, 2.24) is 5.32 Å². The minimum Gasteiger partial charge on any atom is -0.484 e. The van der Waals surface area contributed by atoms with Crippen LogP contribution >= 0.6 is 0 Å². The van der Waals surface area contributed by atoms with E-state index in [1.165, 1.54) is 36.4 Å². The van der Waals surface area contributed by atoms with Gasteiger partial charge in [0, 0.05) is 25.3 Å². The molecule has 156 valence electrons. The second kappa shape index (κ2) is 9.02. The Morgan fingerprint density at radius 3 is 2.38 bits per heavy atom. The van der Waals surface area contributed by atoms with E-state index in [-0.39, 0.29) is 30.0 Å². The maximum atomic E-state index is 12.8. The van der Waals surface area contributed by atoms with Gasteiger partial charge in [-0.2, -0.15) is 0 Å². The maximum Gasteiger partial charge on any atom is 0.573 e. The Morgan fingerprint density at radius 2 is 1.72 bits per heavy atom. The van der Waals surface area contributed by atoms with Crippen molar-refractivity contribution in [3.05, 3.63) is 54.3 Å². The lowest BCUT2D eigenvalue weighted by Crippen LogP contribution is -2.34. The van der Waals surface area contributed by atoms with Gasteiger partial charge in [0.15, 0.2) is 6.61 Å². The lowest BCUT2D eigenvalue weighted by molar-refractivity contribution is -0.274. The molecule has 1 heterocycles. The number of halogens is 4. The van der Waals surface area contributed by atoms with Gasteiger partial charge in [0.05, 0.1) is 0 Å². The van der Waals surface area contributed by atoms with E-state index >= 15 is 0 Å². The van der Waals surface area contributed by atoms with E-state index in [0.29, 0.717) is 18.8 Å². The first-order valence-corrected chi connectivity index (χ1v) is 9.04. The van der Waals surface area contributed by atoms with Crippen LogP contribution in [0.4, 0.5) is 23.2 Å². The standard InChI is InChI=1S/C20H20F4N2O3/c21-15-1-5-17(6-2-15)28-13-19(27)25-11-14-9-10-26(12-14)16-3-7-18(8-4-16)29-20(22,23)24/h1-8,14H,9-13H2,(H,25,27). The molecule has 2 aromatic rings. The van der Waals surface area contributed by atoms with Crippen LogP contribution in [0.25, 0.3) is 0 Å². The lowest BCUT2D eigenvalue weighted by Gasteiger charge is -2.19. The van der Waals surface area contributed by atoms with E-state index in [0.717, 1.165) is 18.7 Å². The first-order chi connectivity index (χ1) is 13.8. The highest BCUT2D eigenvalue weighted by atomic mass is 19.4. The quantitative estimate of drug-likeness (QED) is 0.704. The molecule has 2 aromatic carbocycles. The zero-order valence-electron chi connectivity index (χ0n) is 15.4. The van der Waals surface area contributed by atoms with E-state index in [4.69, 9.17) is 4.74 Å². The Hall–Kier alpha value is -2.97. The van der Waals surface area contributed by atoms with E-state index in [2.05, 4.69) is 10.1 Å². The summed E-state index contributed by atoms with van der Waals surface area (Å²) >= 11 is 0. The summed E-state index contributed by atoms with van der Waals surface area (Å²) < 4.78 is 58.7. The summed E-state index contributed by atoms with van der Waals surface area (Å²) in [5.74, 6) is -0.288. The van der Waals surface area contributed by atoms with Crippen LogP contribution in [0.5, 0.6) is 11.5 Å². The molecule has 0 bridgehead atoms. The average molecular weight is 412 g/mol. The molecule has 1 N–H and O–H groups in total. The molecule has 1 amide bonds. The van der Waals surface area contributed by atoms with Gasteiger partial charge >= 0.3 is 6.36 Å². The molecule has 1 unspecified atom stereocenters. The summed E-state index contributed by atoms with van der Waals surface area (Å²) in [4.78, 5) is 14.0. The molecule has 1 aliphatic rings. The summed E-state index contributed by atoms with van der Waals surface area (Å²) in [6.07, 6.45) is -3.86. The molecule has 0 spiro atoms. The van der Waals surface area contributed by atoms with Gasteiger partial charge in [-0.25, -0.2) is 4.39 Å². The molecule has 0 radical (unpaired) electrons. The van der Waals surface area contributed by atoms with Crippen LogP contribution in [-0.2, 0) is 4.79 Å². The number of alkyl halides is 3. The average Bonchev–Trinajstić information content (AvgIpc) is 3.14. The van der Waals surface area contributed by atoms with Crippen molar-refractivity contribution in [2.45, 2.75) is 12.8 Å². The second-order valence-electron chi connectivity index (χ2n) is 6.69.